The zero-order valence-corrected chi connectivity index (χ0v) is 20.2. The molecule has 0 radical (unpaired) electrons. The van der Waals surface area contributed by atoms with Gasteiger partial charge in [0.05, 0.1) is 30.3 Å². The summed E-state index contributed by atoms with van der Waals surface area (Å²) in [6, 6.07) is 21.1. The van der Waals surface area contributed by atoms with Crippen molar-refractivity contribution in [3.05, 3.63) is 94.5 Å². The maximum Gasteiger partial charge on any atom is 0.295 e. The normalized spacial score (nSPS) is 11.4. The summed E-state index contributed by atoms with van der Waals surface area (Å²) in [5.74, 6) is 1.14. The number of rotatable bonds is 9. The van der Waals surface area contributed by atoms with Crippen molar-refractivity contribution in [3.8, 4) is 11.5 Å². The number of hydrogen-bond acceptors (Lipinski definition) is 8. The van der Waals surface area contributed by atoms with Crippen molar-refractivity contribution in [3.63, 3.8) is 0 Å². The Kier molecular flexibility index (Phi) is 7.02. The molecule has 4 aromatic rings. The van der Waals surface area contributed by atoms with E-state index in [-0.39, 0.29) is 16.3 Å². The number of nitrogens with zero attached hydrogens (tertiary/aromatic N) is 2. The van der Waals surface area contributed by atoms with Crippen LogP contribution >= 0.6 is 0 Å². The minimum Gasteiger partial charge on any atom is -0.497 e. The lowest BCUT2D eigenvalue weighted by molar-refractivity contribution is -0.384. The summed E-state index contributed by atoms with van der Waals surface area (Å²) in [5.41, 5.74) is 3.20. The monoisotopic (exact) mass is 506 g/mol. The second-order valence-electron chi connectivity index (χ2n) is 7.54. The highest BCUT2D eigenvalue weighted by Crippen LogP contribution is 2.30. The molecule has 0 saturated heterocycles. The van der Waals surface area contributed by atoms with Crippen molar-refractivity contribution in [1.29, 1.82) is 0 Å². The lowest BCUT2D eigenvalue weighted by atomic mass is 10.0. The molecule has 184 valence electrons. The van der Waals surface area contributed by atoms with Crippen LogP contribution in [0.15, 0.2) is 88.9 Å². The van der Waals surface area contributed by atoms with Gasteiger partial charge in [-0.3, -0.25) is 20.3 Å². The molecule has 4 aromatic carbocycles. The zero-order valence-electron chi connectivity index (χ0n) is 19.3. The van der Waals surface area contributed by atoms with Crippen LogP contribution in [0.4, 0.5) is 17.1 Å². The van der Waals surface area contributed by atoms with Crippen molar-refractivity contribution in [2.45, 2.75) is 4.90 Å². The van der Waals surface area contributed by atoms with Gasteiger partial charge in [-0.25, -0.2) is 8.42 Å². The quantitative estimate of drug-likeness (QED) is 0.185. The molecule has 0 aliphatic rings. The van der Waals surface area contributed by atoms with Crippen LogP contribution in [0.3, 0.4) is 0 Å². The van der Waals surface area contributed by atoms with Crippen LogP contribution in [0.2, 0.25) is 0 Å². The lowest BCUT2D eigenvalue weighted by Crippen LogP contribution is -2.13. The first-order chi connectivity index (χ1) is 17.3. The molecule has 10 nitrogen and oxygen atoms in total. The second kappa shape index (κ2) is 10.3. The Morgan fingerprint density at radius 1 is 0.944 bits per heavy atom. The zero-order chi connectivity index (χ0) is 25.7. The smallest absolute Gasteiger partial charge is 0.295 e. The van der Waals surface area contributed by atoms with E-state index in [4.69, 9.17) is 9.47 Å². The van der Waals surface area contributed by atoms with E-state index in [1.54, 1.807) is 19.2 Å². The summed E-state index contributed by atoms with van der Waals surface area (Å²) in [6.45, 7) is 0. The Morgan fingerprint density at radius 2 is 1.69 bits per heavy atom. The molecule has 0 aromatic heterocycles. The second-order valence-corrected chi connectivity index (χ2v) is 9.23. The predicted molar refractivity (Wildman–Crippen MR) is 139 cm³/mol. The molecule has 0 atom stereocenters. The summed E-state index contributed by atoms with van der Waals surface area (Å²) < 4.78 is 38.5. The lowest BCUT2D eigenvalue weighted by Gasteiger charge is -2.10. The largest absolute Gasteiger partial charge is 0.497 e. The first-order valence-electron chi connectivity index (χ1n) is 10.6. The molecule has 0 spiro atoms. The number of anilines is 2. The van der Waals surface area contributed by atoms with E-state index < -0.39 is 20.6 Å². The van der Waals surface area contributed by atoms with E-state index in [1.807, 2.05) is 36.4 Å². The molecule has 2 N–H and O–H groups in total. The SMILES string of the molecule is COc1ccc(NS(=O)(=O)c2ccc(N/N=C/c3c(OC)ccc4ccccc34)c([N+](=O)[O-])c2)cc1. The van der Waals surface area contributed by atoms with Gasteiger partial charge in [0.2, 0.25) is 0 Å². The van der Waals surface area contributed by atoms with Crippen LogP contribution < -0.4 is 19.6 Å². The molecule has 0 aliphatic heterocycles. The van der Waals surface area contributed by atoms with E-state index in [1.165, 1.54) is 37.6 Å². The summed E-state index contributed by atoms with van der Waals surface area (Å²) in [5, 5.41) is 17.7. The van der Waals surface area contributed by atoms with Crippen molar-refractivity contribution in [2.24, 2.45) is 5.10 Å². The molecule has 0 saturated carbocycles. The third-order valence-corrected chi connectivity index (χ3v) is 6.73. The molecule has 0 unspecified atom stereocenters. The van der Waals surface area contributed by atoms with Crippen LogP contribution in [0.1, 0.15) is 5.56 Å². The molecule has 0 bridgehead atoms. The Hall–Kier alpha value is -4.64. The molecule has 11 heteroatoms. The van der Waals surface area contributed by atoms with Crippen LogP contribution in [-0.4, -0.2) is 33.8 Å². The van der Waals surface area contributed by atoms with Gasteiger partial charge in [0, 0.05) is 17.3 Å². The number of nitrogens with one attached hydrogen (secondary N) is 2. The van der Waals surface area contributed by atoms with Crippen molar-refractivity contribution in [2.75, 3.05) is 24.4 Å². The van der Waals surface area contributed by atoms with Gasteiger partial charge in [-0.15, -0.1) is 0 Å². The maximum absolute atomic E-state index is 12.8. The number of hydrazone groups is 1. The van der Waals surface area contributed by atoms with E-state index in [0.29, 0.717) is 17.1 Å². The van der Waals surface area contributed by atoms with Crippen molar-refractivity contribution < 1.29 is 22.8 Å². The molecule has 36 heavy (non-hydrogen) atoms. The Bertz CT molecular complexity index is 1550. The molecule has 0 fully saturated rings. The Morgan fingerprint density at radius 3 is 2.39 bits per heavy atom. The molecular formula is C25H22N4O6S. The van der Waals surface area contributed by atoms with E-state index in [2.05, 4.69) is 15.2 Å². The first kappa shape index (κ1) is 24.5. The Labute approximate surface area is 207 Å². The number of methoxy groups -OCH3 is 2. The van der Waals surface area contributed by atoms with E-state index in [0.717, 1.165) is 16.8 Å². The average molecular weight is 507 g/mol. The van der Waals surface area contributed by atoms with Crippen LogP contribution in [0.5, 0.6) is 11.5 Å². The number of sulfonamides is 1. The summed E-state index contributed by atoms with van der Waals surface area (Å²) >= 11 is 0. The van der Waals surface area contributed by atoms with Gasteiger partial charge < -0.3 is 9.47 Å². The molecule has 0 amide bonds. The first-order valence-corrected chi connectivity index (χ1v) is 12.1. The number of nitro groups is 1. The minimum atomic E-state index is -4.08. The Balaban J connectivity index is 1.60. The van der Waals surface area contributed by atoms with Gasteiger partial charge in [-0.1, -0.05) is 30.3 Å². The van der Waals surface area contributed by atoms with Crippen LogP contribution in [-0.2, 0) is 10.0 Å². The minimum absolute atomic E-state index is 0.0267. The molecule has 0 aliphatic carbocycles. The number of fused-ring (bicyclic) bond motifs is 1. The summed E-state index contributed by atoms with van der Waals surface area (Å²) in [6.07, 6.45) is 1.50. The van der Waals surface area contributed by atoms with E-state index >= 15 is 0 Å². The fourth-order valence-electron chi connectivity index (χ4n) is 3.55. The standard InChI is InChI=1S/C25H22N4O6S/c1-34-19-10-8-18(9-11-19)28-36(32,33)20-12-13-23(24(15-20)29(30)31)27-26-16-22-21-6-4-3-5-17(21)7-14-25(22)35-2/h3-16,27-28H,1-2H3/b26-16+. The van der Waals surface area contributed by atoms with Gasteiger partial charge >= 0.3 is 0 Å². The number of benzene rings is 4. The highest BCUT2D eigenvalue weighted by molar-refractivity contribution is 7.92. The average Bonchev–Trinajstić information content (AvgIpc) is 2.89. The molecular weight excluding hydrogens is 484 g/mol. The van der Waals surface area contributed by atoms with Crippen LogP contribution in [0, 0.1) is 10.1 Å². The number of ether oxygens (including phenoxy) is 2. The molecule has 4 rings (SSSR count). The molecule has 0 heterocycles. The van der Waals surface area contributed by atoms with Crippen LogP contribution in [0.25, 0.3) is 10.8 Å². The summed E-state index contributed by atoms with van der Waals surface area (Å²) in [7, 11) is -1.04. The summed E-state index contributed by atoms with van der Waals surface area (Å²) in [4.78, 5) is 10.8. The number of nitro benzene ring substituents is 1. The maximum atomic E-state index is 12.8. The fourth-order valence-corrected chi connectivity index (χ4v) is 4.63. The fraction of sp³-hybridized carbons (Fsp3) is 0.0800. The van der Waals surface area contributed by atoms with Gasteiger partial charge in [0.1, 0.15) is 17.2 Å². The van der Waals surface area contributed by atoms with Gasteiger partial charge in [0.25, 0.3) is 15.7 Å². The van der Waals surface area contributed by atoms with Gasteiger partial charge in [0.15, 0.2) is 0 Å². The third-order valence-electron chi connectivity index (χ3n) is 5.35. The highest BCUT2D eigenvalue weighted by atomic mass is 32.2. The predicted octanol–water partition coefficient (Wildman–Crippen LogP) is 5.01. The van der Waals surface area contributed by atoms with Crippen molar-refractivity contribution >= 4 is 44.1 Å². The van der Waals surface area contributed by atoms with E-state index in [9.17, 15) is 18.5 Å². The highest BCUT2D eigenvalue weighted by Gasteiger charge is 2.21. The number of hydrogen-bond donors (Lipinski definition) is 2. The van der Waals surface area contributed by atoms with Gasteiger partial charge in [-0.2, -0.15) is 5.10 Å². The topological polar surface area (TPSA) is 132 Å². The van der Waals surface area contributed by atoms with Gasteiger partial charge in [-0.05, 0) is 53.2 Å². The van der Waals surface area contributed by atoms with Crippen molar-refractivity contribution in [1.82, 2.24) is 0 Å². The third kappa shape index (κ3) is 5.20.